The fourth-order valence-corrected chi connectivity index (χ4v) is 1.98. The topological polar surface area (TPSA) is 115 Å². The van der Waals surface area contributed by atoms with E-state index in [-0.39, 0.29) is 10.3 Å². The van der Waals surface area contributed by atoms with Gasteiger partial charge in [0.1, 0.15) is 18.4 Å². The number of rotatable bonds is 1. The lowest BCUT2D eigenvalue weighted by atomic mass is 10.5. The first-order chi connectivity index (χ1) is 9.31. The van der Waals surface area contributed by atoms with Crippen molar-refractivity contribution in [3.63, 3.8) is 0 Å². The number of halogens is 4. The van der Waals surface area contributed by atoms with E-state index in [0.29, 0.717) is 19.6 Å². The molecule has 0 radical (unpaired) electrons. The zero-order valence-electron chi connectivity index (χ0n) is 9.39. The first-order valence-corrected chi connectivity index (χ1v) is 7.83. The van der Waals surface area contributed by atoms with Crippen molar-refractivity contribution in [2.75, 3.05) is 5.73 Å². The van der Waals surface area contributed by atoms with E-state index in [1.54, 1.807) is 6.20 Å². The number of nitrogens with two attached hydrogens (primary N) is 1. The van der Waals surface area contributed by atoms with E-state index in [9.17, 15) is 4.79 Å². The minimum absolute atomic E-state index is 0.0978. The largest absolute Gasteiger partial charge is 0.476 e. The lowest BCUT2D eigenvalue weighted by Gasteiger charge is -1.95. The third-order valence-electron chi connectivity index (χ3n) is 1.62. The van der Waals surface area contributed by atoms with Crippen molar-refractivity contribution in [2.24, 2.45) is 0 Å². The Morgan fingerprint density at radius 2 is 1.50 bits per heavy atom. The number of nitrogens with zero attached hydrogens (tertiary/aromatic N) is 4. The zero-order valence-corrected chi connectivity index (χ0v) is 15.7. The lowest BCUT2D eigenvalue weighted by molar-refractivity contribution is 0.0688. The van der Waals surface area contributed by atoms with Crippen molar-refractivity contribution in [3.8, 4) is 0 Å². The van der Waals surface area contributed by atoms with Gasteiger partial charge in [-0.3, -0.25) is 0 Å². The van der Waals surface area contributed by atoms with Crippen molar-refractivity contribution >= 4 is 75.5 Å². The lowest BCUT2D eigenvalue weighted by Crippen LogP contribution is -2.02. The molecule has 0 fully saturated rings. The van der Waals surface area contributed by atoms with E-state index in [1.165, 1.54) is 6.20 Å². The molecule has 11 heteroatoms. The number of anilines is 1. The quantitative estimate of drug-likeness (QED) is 0.577. The fraction of sp³-hybridized carbons (Fsp3) is 0. The van der Waals surface area contributed by atoms with Gasteiger partial charge in [-0.2, -0.15) is 0 Å². The normalized spacial score (nSPS) is 9.60. The third-order valence-corrected chi connectivity index (χ3v) is 3.58. The predicted molar refractivity (Wildman–Crippen MR) is 86.2 cm³/mol. The third kappa shape index (κ3) is 5.38. The van der Waals surface area contributed by atoms with Crippen LogP contribution in [0.4, 0.5) is 5.82 Å². The number of carbonyl (C=O) groups is 1. The van der Waals surface area contributed by atoms with E-state index in [2.05, 4.69) is 83.7 Å². The Bertz CT molecular complexity index is 640. The summed E-state index contributed by atoms with van der Waals surface area (Å²) in [6, 6.07) is 0. The molecule has 20 heavy (non-hydrogen) atoms. The number of aromatic nitrogens is 4. The Labute approximate surface area is 147 Å². The summed E-state index contributed by atoms with van der Waals surface area (Å²) in [5.41, 5.74) is 5.27. The first-order valence-electron chi connectivity index (χ1n) is 4.66. The number of carboxylic acids is 1. The second-order valence-corrected chi connectivity index (χ2v) is 6.13. The van der Waals surface area contributed by atoms with Gasteiger partial charge in [-0.05, 0) is 63.7 Å². The van der Waals surface area contributed by atoms with Gasteiger partial charge in [0.15, 0.2) is 11.5 Å². The standard InChI is InChI=1S/C5H2Br2N2O2.C4H3Br2N3/c6-2-1-8-4(7)3(9-2)5(10)11;5-2-1-8-3(6)4(7)9-2/h1H,(H,10,11);1H,(H2,7,9). The molecule has 106 valence electrons. The average molecular weight is 535 g/mol. The van der Waals surface area contributed by atoms with E-state index < -0.39 is 5.97 Å². The minimum Gasteiger partial charge on any atom is -0.476 e. The van der Waals surface area contributed by atoms with Crippen LogP contribution in [-0.2, 0) is 0 Å². The van der Waals surface area contributed by atoms with Crippen LogP contribution in [-0.4, -0.2) is 31.0 Å². The number of hydrogen-bond donors (Lipinski definition) is 2. The Balaban J connectivity index is 0.000000204. The van der Waals surface area contributed by atoms with Crippen molar-refractivity contribution < 1.29 is 9.90 Å². The van der Waals surface area contributed by atoms with Crippen LogP contribution in [0.25, 0.3) is 0 Å². The Kier molecular flexibility index (Phi) is 6.92. The average Bonchev–Trinajstić information content (AvgIpc) is 2.38. The van der Waals surface area contributed by atoms with E-state index in [0.717, 1.165) is 0 Å². The minimum atomic E-state index is -1.11. The molecule has 0 aliphatic heterocycles. The molecule has 0 aromatic carbocycles. The number of carboxylic acid groups (broad SMARTS) is 1. The molecule has 0 aliphatic rings. The van der Waals surface area contributed by atoms with Crippen molar-refractivity contribution in [3.05, 3.63) is 36.5 Å². The number of nitrogen functional groups attached to an aromatic ring is 1. The molecule has 2 aromatic heterocycles. The van der Waals surface area contributed by atoms with E-state index >= 15 is 0 Å². The van der Waals surface area contributed by atoms with Gasteiger partial charge in [-0.25, -0.2) is 24.7 Å². The van der Waals surface area contributed by atoms with Crippen LogP contribution in [0.3, 0.4) is 0 Å². The monoisotopic (exact) mass is 531 g/mol. The maximum absolute atomic E-state index is 10.4. The van der Waals surface area contributed by atoms with Crippen LogP contribution in [0, 0.1) is 0 Å². The fourth-order valence-electron chi connectivity index (χ4n) is 0.855. The molecule has 7 nitrogen and oxygen atoms in total. The summed E-state index contributed by atoms with van der Waals surface area (Å²) in [6.45, 7) is 0. The van der Waals surface area contributed by atoms with Crippen LogP contribution >= 0.6 is 63.7 Å². The summed E-state index contributed by atoms with van der Waals surface area (Å²) in [5.74, 6) is -0.713. The van der Waals surface area contributed by atoms with Crippen LogP contribution in [0.15, 0.2) is 30.8 Å². The molecule has 2 aromatic rings. The summed E-state index contributed by atoms with van der Waals surface area (Å²) < 4.78 is 1.85. The van der Waals surface area contributed by atoms with Gasteiger partial charge in [0.25, 0.3) is 0 Å². The van der Waals surface area contributed by atoms with E-state index in [4.69, 9.17) is 10.8 Å². The summed E-state index contributed by atoms with van der Waals surface area (Å²) in [5, 5.41) is 8.54. The van der Waals surface area contributed by atoms with Gasteiger partial charge >= 0.3 is 5.97 Å². The highest BCUT2D eigenvalue weighted by Gasteiger charge is 2.10. The Morgan fingerprint density at radius 3 is 1.90 bits per heavy atom. The summed E-state index contributed by atoms with van der Waals surface area (Å²) >= 11 is 12.2. The molecule has 2 rings (SSSR count). The van der Waals surface area contributed by atoms with Crippen LogP contribution in [0.1, 0.15) is 10.5 Å². The molecule has 2 heterocycles. The molecule has 0 amide bonds. The maximum atomic E-state index is 10.4. The molecule has 0 spiro atoms. The van der Waals surface area contributed by atoms with Gasteiger partial charge < -0.3 is 10.8 Å². The first kappa shape index (κ1) is 17.4. The second-order valence-electron chi connectivity index (χ2n) is 3.01. The summed E-state index contributed by atoms with van der Waals surface area (Å²) in [4.78, 5) is 25.5. The van der Waals surface area contributed by atoms with Crippen LogP contribution < -0.4 is 5.73 Å². The maximum Gasteiger partial charge on any atom is 0.357 e. The predicted octanol–water partition coefficient (Wildman–Crippen LogP) is 3.28. The molecular formula is C9H5Br4N5O2. The molecule has 0 saturated heterocycles. The highest BCUT2D eigenvalue weighted by molar-refractivity contribution is 9.11. The molecule has 0 saturated carbocycles. The molecule has 3 N–H and O–H groups in total. The van der Waals surface area contributed by atoms with Crippen molar-refractivity contribution in [2.45, 2.75) is 0 Å². The van der Waals surface area contributed by atoms with E-state index in [1.807, 2.05) is 0 Å². The SMILES string of the molecule is Nc1nc(Br)cnc1Br.O=C(O)c1nc(Br)cnc1Br. The van der Waals surface area contributed by atoms with Crippen LogP contribution in [0.2, 0.25) is 0 Å². The van der Waals surface area contributed by atoms with Gasteiger partial charge in [0.05, 0.1) is 12.4 Å². The summed E-state index contributed by atoms with van der Waals surface area (Å²) in [6.07, 6.45) is 2.98. The molecule has 0 aliphatic carbocycles. The van der Waals surface area contributed by atoms with Gasteiger partial charge in [-0.15, -0.1) is 0 Å². The Morgan fingerprint density at radius 1 is 1.00 bits per heavy atom. The van der Waals surface area contributed by atoms with Crippen molar-refractivity contribution in [1.82, 2.24) is 19.9 Å². The number of aromatic carboxylic acids is 1. The van der Waals surface area contributed by atoms with Gasteiger partial charge in [-0.1, -0.05) is 0 Å². The highest BCUT2D eigenvalue weighted by Crippen LogP contribution is 2.15. The van der Waals surface area contributed by atoms with Gasteiger partial charge in [0, 0.05) is 0 Å². The molecule has 0 unspecified atom stereocenters. The smallest absolute Gasteiger partial charge is 0.357 e. The van der Waals surface area contributed by atoms with Crippen LogP contribution in [0.5, 0.6) is 0 Å². The zero-order chi connectivity index (χ0) is 15.3. The molecule has 0 bridgehead atoms. The molecular weight excluding hydrogens is 530 g/mol. The highest BCUT2D eigenvalue weighted by atomic mass is 79.9. The van der Waals surface area contributed by atoms with Gasteiger partial charge in [0.2, 0.25) is 0 Å². The van der Waals surface area contributed by atoms with Crippen molar-refractivity contribution in [1.29, 1.82) is 0 Å². The molecule has 0 atom stereocenters. The Hall–Kier alpha value is -0.650. The second kappa shape index (κ2) is 7.96. The number of hydrogen-bond acceptors (Lipinski definition) is 6. The summed E-state index contributed by atoms with van der Waals surface area (Å²) in [7, 11) is 0.